The standard InChI is InChI=1S/C11H18N2O6S/c1-13(9-5-19-4-8(9)10(14)15)11(16)12-7-2-3-20(17,18)6-7/h7-9H,2-6H2,1H3,(H,12,16)(H,14,15). The number of carboxylic acid groups (broad SMARTS) is 1. The number of aliphatic carboxylic acids is 1. The van der Waals surface area contributed by atoms with E-state index >= 15 is 0 Å². The van der Waals surface area contributed by atoms with Crippen molar-refractivity contribution in [3.05, 3.63) is 0 Å². The summed E-state index contributed by atoms with van der Waals surface area (Å²) in [6.45, 7) is 0.249. The molecule has 2 N–H and O–H groups in total. The molecule has 0 spiro atoms. The van der Waals surface area contributed by atoms with Crippen LogP contribution in [-0.2, 0) is 19.4 Å². The van der Waals surface area contributed by atoms with Crippen molar-refractivity contribution in [1.82, 2.24) is 10.2 Å². The van der Waals surface area contributed by atoms with Crippen LogP contribution in [0.5, 0.6) is 0 Å². The molecule has 2 amide bonds. The summed E-state index contributed by atoms with van der Waals surface area (Å²) in [5, 5.41) is 11.7. The van der Waals surface area contributed by atoms with Crippen LogP contribution in [0.2, 0.25) is 0 Å². The van der Waals surface area contributed by atoms with Gasteiger partial charge in [0, 0.05) is 13.1 Å². The number of ether oxygens (including phenoxy) is 1. The zero-order valence-corrected chi connectivity index (χ0v) is 11.9. The predicted octanol–water partition coefficient (Wildman–Crippen LogP) is -1.09. The zero-order valence-electron chi connectivity index (χ0n) is 11.1. The second-order valence-corrected chi connectivity index (χ2v) is 7.44. The van der Waals surface area contributed by atoms with Crippen molar-refractivity contribution >= 4 is 21.8 Å². The maximum Gasteiger partial charge on any atom is 0.317 e. The monoisotopic (exact) mass is 306 g/mol. The first-order valence-corrected chi connectivity index (χ1v) is 8.16. The van der Waals surface area contributed by atoms with Crippen LogP contribution in [0.4, 0.5) is 4.79 Å². The van der Waals surface area contributed by atoms with Gasteiger partial charge >= 0.3 is 12.0 Å². The Morgan fingerprint density at radius 2 is 2.05 bits per heavy atom. The van der Waals surface area contributed by atoms with Gasteiger partial charge in [0.25, 0.3) is 0 Å². The fourth-order valence-corrected chi connectivity index (χ4v) is 4.17. The number of carboxylic acids is 1. The average molecular weight is 306 g/mol. The number of hydrogen-bond acceptors (Lipinski definition) is 5. The van der Waals surface area contributed by atoms with E-state index in [4.69, 9.17) is 9.84 Å². The molecule has 2 saturated heterocycles. The topological polar surface area (TPSA) is 113 Å². The Labute approximate surface area is 117 Å². The Balaban J connectivity index is 1.94. The van der Waals surface area contributed by atoms with Crippen molar-refractivity contribution in [3.63, 3.8) is 0 Å². The largest absolute Gasteiger partial charge is 0.481 e. The first-order valence-electron chi connectivity index (χ1n) is 6.34. The van der Waals surface area contributed by atoms with Gasteiger partial charge in [0.2, 0.25) is 0 Å². The second kappa shape index (κ2) is 5.57. The lowest BCUT2D eigenvalue weighted by molar-refractivity contribution is -0.142. The lowest BCUT2D eigenvalue weighted by Gasteiger charge is -2.27. The highest BCUT2D eigenvalue weighted by Gasteiger charge is 2.39. The maximum absolute atomic E-state index is 12.0. The van der Waals surface area contributed by atoms with Crippen LogP contribution >= 0.6 is 0 Å². The molecule has 2 rings (SSSR count). The quantitative estimate of drug-likeness (QED) is 0.685. The molecule has 0 saturated carbocycles. The van der Waals surface area contributed by atoms with Crippen molar-refractivity contribution in [2.24, 2.45) is 5.92 Å². The van der Waals surface area contributed by atoms with Crippen LogP contribution in [0.1, 0.15) is 6.42 Å². The smallest absolute Gasteiger partial charge is 0.317 e. The minimum atomic E-state index is -3.06. The molecule has 0 aromatic heterocycles. The Morgan fingerprint density at radius 3 is 2.60 bits per heavy atom. The molecule has 2 aliphatic heterocycles. The summed E-state index contributed by atoms with van der Waals surface area (Å²) >= 11 is 0. The van der Waals surface area contributed by atoms with E-state index in [-0.39, 0.29) is 24.7 Å². The number of sulfone groups is 1. The molecule has 2 fully saturated rings. The van der Waals surface area contributed by atoms with E-state index < -0.39 is 39.8 Å². The third-order valence-electron chi connectivity index (χ3n) is 3.75. The molecule has 3 unspecified atom stereocenters. The summed E-state index contributed by atoms with van der Waals surface area (Å²) in [5.41, 5.74) is 0. The number of hydrogen-bond donors (Lipinski definition) is 2. The SMILES string of the molecule is CN(C(=O)NC1CCS(=O)(=O)C1)C1COCC1C(=O)O. The highest BCUT2D eigenvalue weighted by Crippen LogP contribution is 2.19. The maximum atomic E-state index is 12.0. The summed E-state index contributed by atoms with van der Waals surface area (Å²) in [6.07, 6.45) is 0.394. The van der Waals surface area contributed by atoms with Gasteiger partial charge in [-0.3, -0.25) is 4.79 Å². The number of carbonyl (C=O) groups excluding carboxylic acids is 1. The fraction of sp³-hybridized carbons (Fsp3) is 0.818. The molecule has 2 aliphatic rings. The van der Waals surface area contributed by atoms with Gasteiger partial charge < -0.3 is 20.1 Å². The van der Waals surface area contributed by atoms with Gasteiger partial charge in [-0.1, -0.05) is 0 Å². The van der Waals surface area contributed by atoms with Gasteiger partial charge in [-0.2, -0.15) is 0 Å². The summed E-state index contributed by atoms with van der Waals surface area (Å²) < 4.78 is 27.8. The molecule has 3 atom stereocenters. The summed E-state index contributed by atoms with van der Waals surface area (Å²) in [7, 11) is -1.57. The van der Waals surface area contributed by atoms with E-state index in [0.717, 1.165) is 0 Å². The molecular weight excluding hydrogens is 288 g/mol. The molecule has 114 valence electrons. The number of nitrogens with zero attached hydrogens (tertiary/aromatic N) is 1. The third kappa shape index (κ3) is 3.21. The van der Waals surface area contributed by atoms with Crippen LogP contribution in [0.3, 0.4) is 0 Å². The lowest BCUT2D eigenvalue weighted by atomic mass is 10.0. The molecule has 9 heteroatoms. The van der Waals surface area contributed by atoms with Crippen LogP contribution in [-0.4, -0.2) is 74.3 Å². The van der Waals surface area contributed by atoms with Crippen molar-refractivity contribution in [2.75, 3.05) is 31.8 Å². The lowest BCUT2D eigenvalue weighted by Crippen LogP contribution is -2.51. The van der Waals surface area contributed by atoms with Crippen LogP contribution in [0, 0.1) is 5.92 Å². The molecule has 2 heterocycles. The summed E-state index contributed by atoms with van der Waals surface area (Å²) in [5.74, 6) is -1.74. The average Bonchev–Trinajstić information content (AvgIpc) is 2.94. The Morgan fingerprint density at radius 1 is 1.35 bits per heavy atom. The van der Waals surface area contributed by atoms with E-state index in [0.29, 0.717) is 6.42 Å². The summed E-state index contributed by atoms with van der Waals surface area (Å²) in [6, 6.07) is -1.40. The van der Waals surface area contributed by atoms with Gasteiger partial charge in [0.15, 0.2) is 9.84 Å². The van der Waals surface area contributed by atoms with E-state index in [1.165, 1.54) is 11.9 Å². The molecular formula is C11H18N2O6S. The fourth-order valence-electron chi connectivity index (χ4n) is 2.50. The van der Waals surface area contributed by atoms with Crippen LogP contribution in [0.25, 0.3) is 0 Å². The van der Waals surface area contributed by atoms with E-state index in [1.54, 1.807) is 0 Å². The number of carbonyl (C=O) groups is 2. The van der Waals surface area contributed by atoms with Crippen molar-refractivity contribution in [2.45, 2.75) is 18.5 Å². The Bertz CT molecular complexity index is 505. The van der Waals surface area contributed by atoms with E-state index in [9.17, 15) is 18.0 Å². The number of rotatable bonds is 3. The van der Waals surface area contributed by atoms with E-state index in [1.807, 2.05) is 0 Å². The van der Waals surface area contributed by atoms with Crippen molar-refractivity contribution in [3.8, 4) is 0 Å². The van der Waals surface area contributed by atoms with Gasteiger partial charge in [0.1, 0.15) is 5.92 Å². The molecule has 0 aromatic carbocycles. The normalized spacial score (nSPS) is 31.9. The Hall–Kier alpha value is -1.35. The van der Waals surface area contributed by atoms with E-state index in [2.05, 4.69) is 5.32 Å². The number of likely N-dealkylation sites (N-methyl/N-ethyl adjacent to an activating group) is 1. The van der Waals surface area contributed by atoms with Gasteiger partial charge in [-0.25, -0.2) is 13.2 Å². The highest BCUT2D eigenvalue weighted by molar-refractivity contribution is 7.91. The molecule has 0 bridgehead atoms. The van der Waals surface area contributed by atoms with Gasteiger partial charge in [0.05, 0.1) is 30.8 Å². The minimum absolute atomic E-state index is 0.0594. The first-order chi connectivity index (χ1) is 9.30. The minimum Gasteiger partial charge on any atom is -0.481 e. The first kappa shape index (κ1) is 15.0. The molecule has 8 nitrogen and oxygen atoms in total. The van der Waals surface area contributed by atoms with Crippen molar-refractivity contribution in [1.29, 1.82) is 0 Å². The predicted molar refractivity (Wildman–Crippen MR) is 69.1 cm³/mol. The second-order valence-electron chi connectivity index (χ2n) is 5.21. The zero-order chi connectivity index (χ0) is 14.9. The third-order valence-corrected chi connectivity index (χ3v) is 5.51. The number of amides is 2. The van der Waals surface area contributed by atoms with Crippen LogP contribution < -0.4 is 5.32 Å². The highest BCUT2D eigenvalue weighted by atomic mass is 32.2. The molecule has 0 aliphatic carbocycles. The molecule has 0 aromatic rings. The van der Waals surface area contributed by atoms with Crippen LogP contribution in [0.15, 0.2) is 0 Å². The Kier molecular flexibility index (Phi) is 4.19. The van der Waals surface area contributed by atoms with Gasteiger partial charge in [-0.15, -0.1) is 0 Å². The van der Waals surface area contributed by atoms with Crippen molar-refractivity contribution < 1.29 is 27.9 Å². The molecule has 20 heavy (non-hydrogen) atoms. The van der Waals surface area contributed by atoms with Gasteiger partial charge in [-0.05, 0) is 6.42 Å². The summed E-state index contributed by atoms with van der Waals surface area (Å²) in [4.78, 5) is 24.4. The number of urea groups is 1. The molecule has 0 radical (unpaired) electrons. The number of nitrogens with one attached hydrogen (secondary N) is 1.